The normalized spacial score (nSPS) is 34.1. The lowest BCUT2D eigenvalue weighted by molar-refractivity contribution is -0.381. The number of alkyl halides is 9. The van der Waals surface area contributed by atoms with Crippen LogP contribution in [-0.2, 0) is 14.0 Å². The van der Waals surface area contributed by atoms with Crippen LogP contribution in [0.4, 0.5) is 39.5 Å². The molecule has 16 heteroatoms. The van der Waals surface area contributed by atoms with Gasteiger partial charge in [-0.05, 0) is 38.5 Å². The minimum Gasteiger partial charge on any atom is -0.312 e. The molecule has 0 aromatic heterocycles. The van der Waals surface area contributed by atoms with Crippen molar-refractivity contribution in [1.82, 2.24) is 14.7 Å². The van der Waals surface area contributed by atoms with Gasteiger partial charge in [0.05, 0.1) is 0 Å². The van der Waals surface area contributed by atoms with Gasteiger partial charge in [0.2, 0.25) is 0 Å². The highest BCUT2D eigenvalue weighted by molar-refractivity contribution is 6.36. The number of piperidine rings is 3. The summed E-state index contributed by atoms with van der Waals surface area (Å²) in [4.78, 5) is -0.378. The Kier molecular flexibility index (Phi) is 9.76. The lowest BCUT2D eigenvalue weighted by Gasteiger charge is -2.43. The van der Waals surface area contributed by atoms with E-state index in [1.54, 1.807) is 0 Å². The van der Waals surface area contributed by atoms with E-state index < -0.39 is 82.3 Å². The molecule has 0 unspecified atom stereocenters. The number of nitrogens with zero attached hydrogens (tertiary/aromatic N) is 3. The molecule has 0 aromatic rings. The van der Waals surface area contributed by atoms with Crippen molar-refractivity contribution in [2.24, 2.45) is 17.8 Å². The molecule has 6 nitrogen and oxygen atoms in total. The fourth-order valence-electron chi connectivity index (χ4n) is 4.90. The van der Waals surface area contributed by atoms with Gasteiger partial charge < -0.3 is 14.0 Å². The Labute approximate surface area is 210 Å². The molecule has 0 amide bonds. The Balaban J connectivity index is 1.86. The fraction of sp³-hybridized carbons (Fsp3) is 1.00. The Hall–Kier alpha value is -0.805. The van der Waals surface area contributed by atoms with E-state index in [0.717, 1.165) is 0 Å². The molecule has 3 rings (SSSR count). The molecule has 0 saturated carbocycles. The average molecular weight is 557 g/mol. The third kappa shape index (κ3) is 7.04. The molecule has 0 radical (unpaired) electrons. The summed E-state index contributed by atoms with van der Waals surface area (Å²) >= 11 is 0. The maximum absolute atomic E-state index is 14.9. The summed E-state index contributed by atoms with van der Waals surface area (Å²) in [5.74, 6) is -2.68. The Bertz CT molecular complexity index is 664. The smallest absolute Gasteiger partial charge is 0.312 e. The summed E-state index contributed by atoms with van der Waals surface area (Å²) in [7, 11) is -3.53. The highest BCUT2D eigenvalue weighted by Gasteiger charge is 2.59. The molecule has 3 aliphatic heterocycles. The number of halogens is 9. The molecule has 0 aliphatic carbocycles. The van der Waals surface area contributed by atoms with Crippen LogP contribution in [0.25, 0.3) is 0 Å². The third-order valence-electron chi connectivity index (χ3n) is 7.19. The van der Waals surface area contributed by atoms with Gasteiger partial charge in [0.15, 0.2) is 18.9 Å². The molecular weight excluding hydrogens is 524 g/mol. The molecular formula is C21H33BF9N3O3. The molecule has 3 fully saturated rings. The predicted molar refractivity (Wildman–Crippen MR) is 114 cm³/mol. The maximum Gasteiger partial charge on any atom is 0.655 e. The Morgan fingerprint density at radius 3 is 1.03 bits per heavy atom. The summed E-state index contributed by atoms with van der Waals surface area (Å²) in [6.07, 6.45) is -20.1. The highest BCUT2D eigenvalue weighted by atomic mass is 19.3. The number of rotatable bonds is 9. The molecule has 0 spiro atoms. The number of likely N-dealkylation sites (tertiary alicyclic amines) is 3. The standard InChI is InChI=1S/C21H33BF9N3O3/c1-13-7-4-10-32(16(13)23)19(26,27)35-22(36-20(28,29)33-11-5-8-14(2)17(33)24)37-21(30,31)34-12-6-9-15(3)18(34)25/h13-18H,4-12H2,1-3H3/t13-,14-,15-,16+,17+,18+/m1/s1. The van der Waals surface area contributed by atoms with E-state index >= 15 is 0 Å². The second kappa shape index (κ2) is 11.7. The second-order valence-corrected chi connectivity index (χ2v) is 10.2. The lowest BCUT2D eigenvalue weighted by atomic mass is 9.99. The van der Waals surface area contributed by atoms with E-state index in [4.69, 9.17) is 0 Å². The fourth-order valence-corrected chi connectivity index (χ4v) is 4.90. The molecule has 0 N–H and O–H groups in total. The summed E-state index contributed by atoms with van der Waals surface area (Å²) in [6, 6.07) is 0. The molecule has 3 heterocycles. The van der Waals surface area contributed by atoms with Crippen LogP contribution in [-0.4, -0.2) is 79.2 Å². The van der Waals surface area contributed by atoms with Crippen molar-refractivity contribution >= 4 is 7.32 Å². The third-order valence-corrected chi connectivity index (χ3v) is 7.19. The van der Waals surface area contributed by atoms with Gasteiger partial charge in [-0.3, -0.25) is 0 Å². The Morgan fingerprint density at radius 1 is 0.541 bits per heavy atom. The largest absolute Gasteiger partial charge is 0.655 e. The zero-order valence-electron chi connectivity index (χ0n) is 20.9. The molecule has 216 valence electrons. The van der Waals surface area contributed by atoms with Crippen LogP contribution < -0.4 is 0 Å². The summed E-state index contributed by atoms with van der Waals surface area (Å²) in [6.45, 7) is 2.26. The van der Waals surface area contributed by atoms with E-state index in [1.165, 1.54) is 20.8 Å². The SMILES string of the molecule is C[C@@H]1CCCN(C(F)(F)OB(OC(F)(F)N2CCC[C@@H](C)[C@H]2F)OC(F)(F)N2CCC[C@@H](C)[C@H]2F)[C@@H]1F. The molecule has 3 aliphatic rings. The zero-order valence-corrected chi connectivity index (χ0v) is 20.9. The van der Waals surface area contributed by atoms with E-state index in [2.05, 4.69) is 14.0 Å². The lowest BCUT2D eigenvalue weighted by Crippen LogP contribution is -2.61. The zero-order chi connectivity index (χ0) is 27.8. The first-order chi connectivity index (χ1) is 17.1. The van der Waals surface area contributed by atoms with Crippen LogP contribution in [0.3, 0.4) is 0 Å². The second-order valence-electron chi connectivity index (χ2n) is 10.2. The first-order valence-electron chi connectivity index (χ1n) is 12.5. The van der Waals surface area contributed by atoms with Gasteiger partial charge in [0.1, 0.15) is 0 Å². The van der Waals surface area contributed by atoms with E-state index in [0.29, 0.717) is 0 Å². The predicted octanol–water partition coefficient (Wildman–Crippen LogP) is 5.75. The Morgan fingerprint density at radius 2 is 0.784 bits per heavy atom. The van der Waals surface area contributed by atoms with Crippen LogP contribution in [0, 0.1) is 17.8 Å². The first kappa shape index (κ1) is 30.7. The van der Waals surface area contributed by atoms with Crippen molar-refractivity contribution in [2.45, 2.75) is 96.9 Å². The monoisotopic (exact) mass is 557 g/mol. The van der Waals surface area contributed by atoms with Crippen molar-refractivity contribution < 1.29 is 53.5 Å². The molecule has 3 saturated heterocycles. The van der Waals surface area contributed by atoms with Crippen LogP contribution in [0.15, 0.2) is 0 Å². The highest BCUT2D eigenvalue weighted by Crippen LogP contribution is 2.40. The molecule has 0 aromatic carbocycles. The topological polar surface area (TPSA) is 37.4 Å². The summed E-state index contributed by atoms with van der Waals surface area (Å²) in [5.41, 5.74) is 0. The van der Waals surface area contributed by atoms with E-state index in [-0.39, 0.29) is 53.2 Å². The van der Waals surface area contributed by atoms with Crippen LogP contribution in [0.5, 0.6) is 0 Å². The van der Waals surface area contributed by atoms with Gasteiger partial charge in [-0.1, -0.05) is 20.8 Å². The molecule has 0 bridgehead atoms. The summed E-state index contributed by atoms with van der Waals surface area (Å²) in [5, 5.41) is 0. The van der Waals surface area contributed by atoms with Gasteiger partial charge in [-0.2, -0.15) is 41.0 Å². The number of hydrogen-bond acceptors (Lipinski definition) is 6. The van der Waals surface area contributed by atoms with Crippen molar-refractivity contribution in [1.29, 1.82) is 0 Å². The van der Waals surface area contributed by atoms with Crippen LogP contribution >= 0.6 is 0 Å². The van der Waals surface area contributed by atoms with Gasteiger partial charge in [-0.15, -0.1) is 0 Å². The number of hydrogen-bond donors (Lipinski definition) is 0. The maximum atomic E-state index is 14.9. The van der Waals surface area contributed by atoms with Crippen LogP contribution in [0.1, 0.15) is 59.3 Å². The van der Waals surface area contributed by atoms with Crippen molar-refractivity contribution in [2.75, 3.05) is 19.6 Å². The summed E-state index contributed by atoms with van der Waals surface area (Å²) < 4.78 is 145. The average Bonchev–Trinajstić information content (AvgIpc) is 2.78. The minimum atomic E-state index is -4.74. The van der Waals surface area contributed by atoms with Crippen molar-refractivity contribution in [3.05, 3.63) is 0 Å². The van der Waals surface area contributed by atoms with E-state index in [1.807, 2.05) is 0 Å². The molecule has 37 heavy (non-hydrogen) atoms. The van der Waals surface area contributed by atoms with Gasteiger partial charge in [0.25, 0.3) is 0 Å². The minimum absolute atomic E-state index is 0.0869. The van der Waals surface area contributed by atoms with Crippen molar-refractivity contribution in [3.63, 3.8) is 0 Å². The first-order valence-corrected chi connectivity index (χ1v) is 12.5. The quantitative estimate of drug-likeness (QED) is 0.204. The molecule has 6 atom stereocenters. The van der Waals surface area contributed by atoms with Crippen LogP contribution in [0.2, 0.25) is 0 Å². The van der Waals surface area contributed by atoms with Gasteiger partial charge >= 0.3 is 26.0 Å². The van der Waals surface area contributed by atoms with Gasteiger partial charge in [-0.25, -0.2) is 13.2 Å². The van der Waals surface area contributed by atoms with E-state index in [9.17, 15) is 39.5 Å². The van der Waals surface area contributed by atoms with Crippen molar-refractivity contribution in [3.8, 4) is 0 Å². The van der Waals surface area contributed by atoms with Gasteiger partial charge in [0, 0.05) is 37.4 Å².